The Morgan fingerprint density at radius 1 is 1.50 bits per heavy atom. The lowest BCUT2D eigenvalue weighted by Crippen LogP contribution is -2.40. The number of carbonyl (C=O) groups excluding carboxylic acids is 1. The summed E-state index contributed by atoms with van der Waals surface area (Å²) in [7, 11) is 1.85. The van der Waals surface area contributed by atoms with E-state index < -0.39 is 11.0 Å². The number of carbonyl (C=O) groups is 1. The number of likely N-dealkylation sites (tertiary alicyclic amines) is 1. The summed E-state index contributed by atoms with van der Waals surface area (Å²) in [6.07, 6.45) is 2.41. The van der Waals surface area contributed by atoms with Crippen LogP contribution in [0.1, 0.15) is 32.9 Å². The van der Waals surface area contributed by atoms with Gasteiger partial charge in [0, 0.05) is 32.3 Å². The van der Waals surface area contributed by atoms with E-state index in [0.29, 0.717) is 19.0 Å². The summed E-state index contributed by atoms with van der Waals surface area (Å²) in [5, 5.41) is 14.2. The van der Waals surface area contributed by atoms with Gasteiger partial charge in [-0.05, 0) is 39.2 Å². The van der Waals surface area contributed by atoms with Crippen molar-refractivity contribution in [2.24, 2.45) is 18.9 Å². The molecular weight excluding hydrogens is 280 g/mol. The molecule has 6 heteroatoms. The largest absolute Gasteiger partial charge is 0.444 e. The third kappa shape index (κ3) is 2.25. The number of amides is 1. The lowest BCUT2D eigenvalue weighted by Gasteiger charge is -2.29. The number of hydrogen-bond acceptors (Lipinski definition) is 4. The van der Waals surface area contributed by atoms with Gasteiger partial charge in [-0.25, -0.2) is 4.79 Å². The molecule has 1 saturated heterocycles. The average Bonchev–Trinajstić information content (AvgIpc) is 2.89. The molecule has 118 valence electrons. The van der Waals surface area contributed by atoms with E-state index in [1.165, 1.54) is 0 Å². The van der Waals surface area contributed by atoms with E-state index in [-0.39, 0.29) is 12.0 Å². The summed E-state index contributed by atoms with van der Waals surface area (Å²) in [5.74, 6) is 0.458. The molecule has 1 aliphatic carbocycles. The molecule has 22 heavy (non-hydrogen) atoms. The van der Waals surface area contributed by atoms with Crippen molar-refractivity contribution in [3.05, 3.63) is 18.0 Å². The van der Waals surface area contributed by atoms with Crippen LogP contribution in [0.5, 0.6) is 0 Å². The maximum atomic E-state index is 12.2. The summed E-state index contributed by atoms with van der Waals surface area (Å²) in [6.45, 7) is 6.81. The monoisotopic (exact) mass is 302 g/mol. The van der Waals surface area contributed by atoms with Crippen LogP contribution in [-0.4, -0.2) is 39.5 Å². The van der Waals surface area contributed by atoms with Crippen LogP contribution < -0.4 is 0 Å². The zero-order valence-electron chi connectivity index (χ0n) is 13.5. The minimum Gasteiger partial charge on any atom is -0.444 e. The number of piperidine rings is 1. The molecule has 2 aliphatic rings. The Kier molecular flexibility index (Phi) is 3.20. The predicted octanol–water partition coefficient (Wildman–Crippen LogP) is 2.07. The van der Waals surface area contributed by atoms with Crippen molar-refractivity contribution in [1.82, 2.24) is 14.7 Å². The minimum absolute atomic E-state index is 0.161. The highest BCUT2D eigenvalue weighted by Crippen LogP contribution is 2.62. The van der Waals surface area contributed by atoms with Gasteiger partial charge in [0.25, 0.3) is 0 Å². The van der Waals surface area contributed by atoms with Gasteiger partial charge in [-0.15, -0.1) is 0 Å². The highest BCUT2D eigenvalue weighted by Gasteiger charge is 2.69. The number of aromatic nitrogens is 2. The molecule has 1 amide bonds. The Bertz CT molecular complexity index is 639. The Balaban J connectivity index is 1.75. The number of fused-ring (bicyclic) bond motifs is 1. The summed E-state index contributed by atoms with van der Waals surface area (Å²) in [4.78, 5) is 13.9. The fraction of sp³-hybridized carbons (Fsp3) is 0.688. The third-order valence-electron chi connectivity index (χ3n) is 4.65. The normalized spacial score (nSPS) is 30.4. The molecule has 3 unspecified atom stereocenters. The molecule has 0 bridgehead atoms. The van der Waals surface area contributed by atoms with Gasteiger partial charge in [0.05, 0.1) is 11.8 Å². The van der Waals surface area contributed by atoms with E-state index >= 15 is 0 Å². The quantitative estimate of drug-likeness (QED) is 0.796. The molecular formula is C16H22N4O2. The molecule has 0 spiro atoms. The summed E-state index contributed by atoms with van der Waals surface area (Å²) >= 11 is 0. The van der Waals surface area contributed by atoms with Gasteiger partial charge in [0.2, 0.25) is 0 Å². The SMILES string of the molecule is Cn1ccc(C2(C#N)C3CCN(C(=O)OC(C)(C)C)CC32)n1. The molecule has 3 atom stereocenters. The highest BCUT2D eigenvalue weighted by atomic mass is 16.6. The molecule has 1 aromatic rings. The highest BCUT2D eigenvalue weighted by molar-refractivity contribution is 5.68. The molecule has 0 aromatic carbocycles. The fourth-order valence-corrected chi connectivity index (χ4v) is 3.59. The van der Waals surface area contributed by atoms with Crippen LogP contribution in [0.15, 0.2) is 12.3 Å². The molecule has 1 saturated carbocycles. The Labute approximate surface area is 130 Å². The minimum atomic E-state index is -0.530. The van der Waals surface area contributed by atoms with E-state index in [4.69, 9.17) is 4.74 Å². The van der Waals surface area contributed by atoms with Crippen LogP contribution in [0.4, 0.5) is 4.79 Å². The van der Waals surface area contributed by atoms with Gasteiger partial charge in [-0.2, -0.15) is 10.4 Å². The first kappa shape index (κ1) is 14.9. The van der Waals surface area contributed by atoms with Gasteiger partial charge in [-0.1, -0.05) is 0 Å². The van der Waals surface area contributed by atoms with Crippen LogP contribution in [0, 0.1) is 23.2 Å². The average molecular weight is 302 g/mol. The molecule has 0 N–H and O–H groups in total. The Morgan fingerprint density at radius 3 is 2.77 bits per heavy atom. The molecule has 2 fully saturated rings. The van der Waals surface area contributed by atoms with Crippen molar-refractivity contribution in [2.45, 2.75) is 38.2 Å². The van der Waals surface area contributed by atoms with Crippen molar-refractivity contribution < 1.29 is 9.53 Å². The summed E-state index contributed by atoms with van der Waals surface area (Å²) < 4.78 is 7.17. The van der Waals surface area contributed by atoms with Crippen LogP contribution in [0.2, 0.25) is 0 Å². The zero-order valence-corrected chi connectivity index (χ0v) is 13.5. The van der Waals surface area contributed by atoms with Crippen molar-refractivity contribution in [3.8, 4) is 6.07 Å². The van der Waals surface area contributed by atoms with E-state index in [9.17, 15) is 10.1 Å². The van der Waals surface area contributed by atoms with E-state index in [0.717, 1.165) is 12.1 Å². The van der Waals surface area contributed by atoms with Crippen LogP contribution in [-0.2, 0) is 17.2 Å². The Morgan fingerprint density at radius 2 is 2.23 bits per heavy atom. The maximum Gasteiger partial charge on any atom is 0.410 e. The zero-order chi connectivity index (χ0) is 16.1. The predicted molar refractivity (Wildman–Crippen MR) is 79.9 cm³/mol. The van der Waals surface area contributed by atoms with Gasteiger partial charge in [0.1, 0.15) is 11.0 Å². The number of aryl methyl sites for hydroxylation is 1. The van der Waals surface area contributed by atoms with Crippen LogP contribution in [0.25, 0.3) is 0 Å². The van der Waals surface area contributed by atoms with Crippen molar-refractivity contribution in [2.75, 3.05) is 13.1 Å². The van der Waals surface area contributed by atoms with Gasteiger partial charge in [0.15, 0.2) is 0 Å². The van der Waals surface area contributed by atoms with Gasteiger partial charge in [-0.3, -0.25) is 4.68 Å². The smallest absolute Gasteiger partial charge is 0.410 e. The molecule has 1 aliphatic heterocycles. The van der Waals surface area contributed by atoms with Crippen LogP contribution in [0.3, 0.4) is 0 Å². The lowest BCUT2D eigenvalue weighted by molar-refractivity contribution is 0.0207. The second-order valence-electron chi connectivity index (χ2n) is 7.28. The van der Waals surface area contributed by atoms with Gasteiger partial charge < -0.3 is 9.64 Å². The van der Waals surface area contributed by atoms with Crippen molar-refractivity contribution in [1.29, 1.82) is 5.26 Å². The molecule has 3 rings (SSSR count). The molecule has 2 heterocycles. The van der Waals surface area contributed by atoms with Crippen LogP contribution >= 0.6 is 0 Å². The number of ether oxygens (including phenoxy) is 1. The van der Waals surface area contributed by atoms with Gasteiger partial charge >= 0.3 is 6.09 Å². The summed E-state index contributed by atoms with van der Waals surface area (Å²) in [6, 6.07) is 4.39. The number of nitrogens with zero attached hydrogens (tertiary/aromatic N) is 4. The number of hydrogen-bond donors (Lipinski definition) is 0. The second kappa shape index (κ2) is 4.73. The first-order valence-corrected chi connectivity index (χ1v) is 7.67. The third-order valence-corrected chi connectivity index (χ3v) is 4.65. The number of rotatable bonds is 1. The van der Waals surface area contributed by atoms with Crippen molar-refractivity contribution >= 4 is 6.09 Å². The molecule has 1 aromatic heterocycles. The van der Waals surface area contributed by atoms with Crippen molar-refractivity contribution in [3.63, 3.8) is 0 Å². The maximum absolute atomic E-state index is 12.2. The van der Waals surface area contributed by atoms with E-state index in [1.807, 2.05) is 40.1 Å². The first-order chi connectivity index (χ1) is 10.3. The number of nitriles is 1. The molecule has 0 radical (unpaired) electrons. The molecule has 6 nitrogen and oxygen atoms in total. The first-order valence-electron chi connectivity index (χ1n) is 7.67. The summed E-state index contributed by atoms with van der Waals surface area (Å²) in [5.41, 5.74) is -0.193. The fourth-order valence-electron chi connectivity index (χ4n) is 3.59. The lowest BCUT2D eigenvalue weighted by atomic mass is 9.99. The topological polar surface area (TPSA) is 71.2 Å². The Hall–Kier alpha value is -2.03. The second-order valence-corrected chi connectivity index (χ2v) is 7.28. The van der Waals surface area contributed by atoms with E-state index in [2.05, 4.69) is 11.2 Å². The standard InChI is InChI=1S/C16H22N4O2/c1-15(2,3)22-14(21)20-8-5-11-12(9-20)16(11,10-17)13-6-7-19(4)18-13/h6-7,11-12H,5,8-9H2,1-4H3. The van der Waals surface area contributed by atoms with E-state index in [1.54, 1.807) is 9.58 Å².